The normalized spacial score (nSPS) is 21.9. The summed E-state index contributed by atoms with van der Waals surface area (Å²) in [5.41, 5.74) is 2.15. The van der Waals surface area contributed by atoms with E-state index >= 15 is 0 Å². The second kappa shape index (κ2) is 5.74. The van der Waals surface area contributed by atoms with Gasteiger partial charge in [0.25, 0.3) is 0 Å². The number of H-pyrrole nitrogens is 1. The van der Waals surface area contributed by atoms with Gasteiger partial charge < -0.3 is 9.51 Å². The maximum Gasteiger partial charge on any atom is 0.229 e. The van der Waals surface area contributed by atoms with Gasteiger partial charge in [-0.25, -0.2) is 9.97 Å². The largest absolute Gasteiger partial charge is 0.346 e. The van der Waals surface area contributed by atoms with Crippen molar-refractivity contribution in [1.82, 2.24) is 34.9 Å². The number of hydrogen-bond donors (Lipinski definition) is 1. The molecule has 0 aliphatic heterocycles. The first-order chi connectivity index (χ1) is 13.2. The Hall–Kier alpha value is -3.54. The molecule has 0 bridgehead atoms. The number of rotatable bonds is 4. The van der Waals surface area contributed by atoms with Crippen LogP contribution >= 0.6 is 0 Å². The Morgan fingerprint density at radius 1 is 1.41 bits per heavy atom. The lowest BCUT2D eigenvalue weighted by atomic mass is 9.66. The van der Waals surface area contributed by atoms with E-state index in [1.54, 1.807) is 13.1 Å². The van der Waals surface area contributed by atoms with Crippen LogP contribution in [0.4, 0.5) is 0 Å². The maximum atomic E-state index is 9.36. The number of aromatic amines is 1. The van der Waals surface area contributed by atoms with Crippen LogP contribution in [-0.4, -0.2) is 34.9 Å². The summed E-state index contributed by atoms with van der Waals surface area (Å²) in [5, 5.41) is 18.7. The van der Waals surface area contributed by atoms with E-state index in [-0.39, 0.29) is 11.5 Å². The molecule has 9 heteroatoms. The predicted octanol–water partition coefficient (Wildman–Crippen LogP) is 2.70. The van der Waals surface area contributed by atoms with E-state index in [9.17, 15) is 5.26 Å². The molecule has 0 aromatic carbocycles. The van der Waals surface area contributed by atoms with Crippen LogP contribution in [0, 0.1) is 18.3 Å². The Kier molecular flexibility index (Phi) is 3.33. The van der Waals surface area contributed by atoms with Crippen molar-refractivity contribution in [2.45, 2.75) is 37.6 Å². The SMILES string of the molecule is Cc1noc([C@H]2C[C@](CC#N)(n3cc(-c4ncnc5[nH]ccc45)cn3)C2)n1. The van der Waals surface area contributed by atoms with Crippen LogP contribution in [0.1, 0.15) is 36.9 Å². The molecular formula is C18H16N8O. The standard InChI is InChI=1S/C18H16N8O/c1-11-24-17(27-25-11)12-6-18(7-12,3-4-19)26-9-13(8-23-26)15-14-2-5-20-16(14)22-10-21-15/h2,5,8-10,12H,3,6-7H2,1H3,(H,20,21,22)/t12-,18-. The smallest absolute Gasteiger partial charge is 0.229 e. The Balaban J connectivity index is 1.47. The van der Waals surface area contributed by atoms with Crippen LogP contribution in [0.15, 0.2) is 35.5 Å². The van der Waals surface area contributed by atoms with Crippen molar-refractivity contribution in [3.05, 3.63) is 42.7 Å². The molecule has 1 saturated carbocycles. The van der Waals surface area contributed by atoms with Crippen molar-refractivity contribution in [3.8, 4) is 17.3 Å². The Morgan fingerprint density at radius 2 is 2.30 bits per heavy atom. The molecule has 0 saturated heterocycles. The van der Waals surface area contributed by atoms with Gasteiger partial charge >= 0.3 is 0 Å². The summed E-state index contributed by atoms with van der Waals surface area (Å²) in [6, 6.07) is 4.25. The van der Waals surface area contributed by atoms with Crippen LogP contribution in [0.5, 0.6) is 0 Å². The molecule has 1 N–H and O–H groups in total. The minimum atomic E-state index is -0.357. The number of aromatic nitrogens is 7. The van der Waals surface area contributed by atoms with Crippen LogP contribution in [0.3, 0.4) is 0 Å². The lowest BCUT2D eigenvalue weighted by molar-refractivity contribution is 0.0823. The van der Waals surface area contributed by atoms with E-state index in [1.807, 2.05) is 23.1 Å². The monoisotopic (exact) mass is 360 g/mol. The topological polar surface area (TPSA) is 122 Å². The molecule has 9 nitrogen and oxygen atoms in total. The molecule has 4 aromatic heterocycles. The summed E-state index contributed by atoms with van der Waals surface area (Å²) in [6.07, 6.45) is 8.99. The summed E-state index contributed by atoms with van der Waals surface area (Å²) >= 11 is 0. The van der Waals surface area contributed by atoms with Gasteiger partial charge in [0, 0.05) is 29.3 Å². The summed E-state index contributed by atoms with van der Waals surface area (Å²) in [4.78, 5) is 16.1. The molecule has 4 heterocycles. The van der Waals surface area contributed by atoms with Crippen LogP contribution < -0.4 is 0 Å². The molecule has 0 atom stereocenters. The third-order valence-electron chi connectivity index (χ3n) is 5.25. The zero-order valence-corrected chi connectivity index (χ0v) is 14.6. The third kappa shape index (κ3) is 2.41. The first kappa shape index (κ1) is 15.7. The average molecular weight is 360 g/mol. The first-order valence-electron chi connectivity index (χ1n) is 8.69. The number of hydrogen-bond acceptors (Lipinski definition) is 7. The van der Waals surface area contributed by atoms with Crippen molar-refractivity contribution in [3.63, 3.8) is 0 Å². The summed E-state index contributed by atoms with van der Waals surface area (Å²) in [5.74, 6) is 1.42. The first-order valence-corrected chi connectivity index (χ1v) is 8.69. The van der Waals surface area contributed by atoms with Gasteiger partial charge in [0.15, 0.2) is 5.82 Å². The summed E-state index contributed by atoms with van der Waals surface area (Å²) in [7, 11) is 0. The summed E-state index contributed by atoms with van der Waals surface area (Å²) in [6.45, 7) is 1.80. The molecule has 1 aliphatic rings. The fourth-order valence-electron chi connectivity index (χ4n) is 3.88. The van der Waals surface area contributed by atoms with Gasteiger partial charge in [0.1, 0.15) is 12.0 Å². The van der Waals surface area contributed by atoms with E-state index in [1.165, 1.54) is 6.33 Å². The second-order valence-corrected chi connectivity index (χ2v) is 6.98. The highest BCUT2D eigenvalue weighted by Crippen LogP contribution is 2.51. The maximum absolute atomic E-state index is 9.36. The summed E-state index contributed by atoms with van der Waals surface area (Å²) < 4.78 is 7.19. The molecule has 4 aromatic rings. The number of nitrogens with one attached hydrogen (secondary N) is 1. The highest BCUT2D eigenvalue weighted by atomic mass is 16.5. The number of aryl methyl sites for hydroxylation is 1. The zero-order valence-electron chi connectivity index (χ0n) is 14.6. The van der Waals surface area contributed by atoms with Crippen molar-refractivity contribution in [1.29, 1.82) is 5.26 Å². The average Bonchev–Trinajstić information content (AvgIpc) is 3.37. The van der Waals surface area contributed by atoms with Gasteiger partial charge in [-0.2, -0.15) is 15.3 Å². The van der Waals surface area contributed by atoms with E-state index in [4.69, 9.17) is 4.52 Å². The van der Waals surface area contributed by atoms with Crippen molar-refractivity contribution in [2.24, 2.45) is 0 Å². The number of nitrogens with zero attached hydrogens (tertiary/aromatic N) is 7. The van der Waals surface area contributed by atoms with Gasteiger partial charge in [-0.3, -0.25) is 4.68 Å². The molecular weight excluding hydrogens is 344 g/mol. The Labute approximate surface area is 154 Å². The van der Waals surface area contributed by atoms with E-state index in [0.717, 1.165) is 35.1 Å². The van der Waals surface area contributed by atoms with Crippen LogP contribution in [0.25, 0.3) is 22.3 Å². The van der Waals surface area contributed by atoms with Crippen LogP contribution in [0.2, 0.25) is 0 Å². The lowest BCUT2D eigenvalue weighted by Gasteiger charge is -2.44. The molecule has 134 valence electrons. The minimum absolute atomic E-state index is 0.155. The molecule has 0 unspecified atom stereocenters. The molecule has 27 heavy (non-hydrogen) atoms. The second-order valence-electron chi connectivity index (χ2n) is 6.98. The predicted molar refractivity (Wildman–Crippen MR) is 94.3 cm³/mol. The fraction of sp³-hybridized carbons (Fsp3) is 0.333. The molecule has 1 fully saturated rings. The fourth-order valence-corrected chi connectivity index (χ4v) is 3.88. The van der Waals surface area contributed by atoms with E-state index in [0.29, 0.717) is 18.1 Å². The van der Waals surface area contributed by atoms with Crippen molar-refractivity contribution < 1.29 is 4.52 Å². The van der Waals surface area contributed by atoms with E-state index < -0.39 is 0 Å². The Bertz CT molecular complexity index is 1160. The van der Waals surface area contributed by atoms with Crippen molar-refractivity contribution >= 4 is 11.0 Å². The molecule has 1 aliphatic carbocycles. The Morgan fingerprint density at radius 3 is 3.07 bits per heavy atom. The minimum Gasteiger partial charge on any atom is -0.346 e. The molecule has 0 radical (unpaired) electrons. The van der Waals surface area contributed by atoms with Gasteiger partial charge in [-0.1, -0.05) is 5.16 Å². The van der Waals surface area contributed by atoms with Gasteiger partial charge in [-0.05, 0) is 25.8 Å². The van der Waals surface area contributed by atoms with E-state index in [2.05, 4.69) is 36.3 Å². The molecule has 5 rings (SSSR count). The van der Waals surface area contributed by atoms with Gasteiger partial charge in [0.2, 0.25) is 5.89 Å². The zero-order chi connectivity index (χ0) is 18.4. The number of fused-ring (bicyclic) bond motifs is 1. The third-order valence-corrected chi connectivity index (χ3v) is 5.25. The highest BCUT2D eigenvalue weighted by Gasteiger charge is 2.49. The number of nitriles is 1. The highest BCUT2D eigenvalue weighted by molar-refractivity contribution is 5.89. The van der Waals surface area contributed by atoms with Crippen LogP contribution in [-0.2, 0) is 5.54 Å². The molecule has 0 amide bonds. The van der Waals surface area contributed by atoms with Gasteiger partial charge in [-0.15, -0.1) is 0 Å². The quantitative estimate of drug-likeness (QED) is 0.593. The van der Waals surface area contributed by atoms with Gasteiger partial charge in [0.05, 0.1) is 29.9 Å². The van der Waals surface area contributed by atoms with Crippen molar-refractivity contribution in [2.75, 3.05) is 0 Å². The lowest BCUT2D eigenvalue weighted by Crippen LogP contribution is -2.45. The molecule has 0 spiro atoms.